The van der Waals surface area contributed by atoms with Gasteiger partial charge in [0.1, 0.15) is 0 Å². The van der Waals surface area contributed by atoms with Crippen LogP contribution in [0.1, 0.15) is 72.3 Å². The number of ketones is 2. The summed E-state index contributed by atoms with van der Waals surface area (Å²) in [7, 11) is 0. The first-order chi connectivity index (χ1) is 19.7. The smallest absolute Gasteiger partial charge is 0.343 e. The molecule has 41 heavy (non-hydrogen) atoms. The number of carbonyl (C=O) groups excluding carboxylic acids is 4. The number of esters is 2. The average Bonchev–Trinajstić information content (AvgIpc) is 2.99. The molecule has 0 aliphatic heterocycles. The molecule has 2 N–H and O–H groups in total. The normalized spacial score (nSPS) is 10.6. The van der Waals surface area contributed by atoms with Crippen LogP contribution in [0, 0.1) is 0 Å². The number of ether oxygens (including phenoxy) is 2. The van der Waals surface area contributed by atoms with E-state index in [1.807, 2.05) is 6.92 Å². The lowest BCUT2D eigenvalue weighted by atomic mass is 9.88. The Hall–Kier alpha value is -4.76. The van der Waals surface area contributed by atoms with Gasteiger partial charge in [0.25, 0.3) is 0 Å². The lowest BCUT2D eigenvalue weighted by Crippen LogP contribution is -2.22. The largest absolute Gasteiger partial charge is 0.504 e. The molecule has 4 aromatic carbocycles. The molecule has 0 aliphatic rings. The summed E-state index contributed by atoms with van der Waals surface area (Å²) >= 11 is 3.30. The Kier molecular flexibility index (Phi) is 9.31. The Morgan fingerprint density at radius 2 is 1.27 bits per heavy atom. The van der Waals surface area contributed by atoms with Gasteiger partial charge in [-0.1, -0.05) is 89.9 Å². The number of rotatable bonds is 10. The van der Waals surface area contributed by atoms with E-state index < -0.39 is 57.4 Å². The third-order valence-corrected chi connectivity index (χ3v) is 6.61. The highest BCUT2D eigenvalue weighted by molar-refractivity contribution is 9.10. The van der Waals surface area contributed by atoms with Gasteiger partial charge in [-0.25, -0.2) is 9.59 Å². The lowest BCUT2D eigenvalue weighted by molar-refractivity contribution is 0.0491. The molecule has 0 unspecified atom stereocenters. The Balaban J connectivity index is 2.04. The predicted octanol–water partition coefficient (Wildman–Crippen LogP) is 6.50. The van der Waals surface area contributed by atoms with Crippen molar-refractivity contribution in [1.29, 1.82) is 0 Å². The number of halogens is 1. The number of phenolic OH excluding ortho intramolecular Hbond substituents is 2. The maximum Gasteiger partial charge on any atom is 0.343 e. The van der Waals surface area contributed by atoms with Crippen LogP contribution in [0.3, 0.4) is 0 Å². The van der Waals surface area contributed by atoms with Crippen molar-refractivity contribution in [3.05, 3.63) is 123 Å². The van der Waals surface area contributed by atoms with Crippen LogP contribution in [0.4, 0.5) is 0 Å². The summed E-state index contributed by atoms with van der Waals surface area (Å²) in [4.78, 5) is 54.4. The van der Waals surface area contributed by atoms with E-state index in [1.165, 1.54) is 36.4 Å². The van der Waals surface area contributed by atoms with E-state index in [0.29, 0.717) is 17.3 Å². The van der Waals surface area contributed by atoms with Crippen LogP contribution in [0.5, 0.6) is 17.2 Å². The Labute approximate surface area is 244 Å². The van der Waals surface area contributed by atoms with E-state index in [2.05, 4.69) is 15.9 Å². The van der Waals surface area contributed by atoms with E-state index in [4.69, 9.17) is 9.47 Å². The summed E-state index contributed by atoms with van der Waals surface area (Å²) in [6.45, 7) is 1.84. The zero-order valence-electron chi connectivity index (χ0n) is 21.9. The molecule has 8 nitrogen and oxygen atoms in total. The van der Waals surface area contributed by atoms with Crippen molar-refractivity contribution in [2.24, 2.45) is 0 Å². The first kappa shape index (κ1) is 29.2. The van der Waals surface area contributed by atoms with Gasteiger partial charge >= 0.3 is 11.9 Å². The monoisotopic (exact) mass is 616 g/mol. The minimum atomic E-state index is -1.11. The van der Waals surface area contributed by atoms with Crippen LogP contribution >= 0.6 is 15.9 Å². The van der Waals surface area contributed by atoms with Crippen molar-refractivity contribution >= 4 is 39.4 Å². The Morgan fingerprint density at radius 3 is 1.88 bits per heavy atom. The molecule has 0 saturated carbocycles. The zero-order chi connectivity index (χ0) is 29.5. The van der Waals surface area contributed by atoms with Gasteiger partial charge in [0.05, 0.1) is 28.9 Å². The van der Waals surface area contributed by atoms with Gasteiger partial charge in [0, 0.05) is 15.6 Å². The van der Waals surface area contributed by atoms with Gasteiger partial charge in [0.15, 0.2) is 23.1 Å². The van der Waals surface area contributed by atoms with Crippen LogP contribution in [-0.4, -0.2) is 40.3 Å². The fourth-order valence-electron chi connectivity index (χ4n) is 4.06. The Bertz CT molecular complexity index is 1610. The topological polar surface area (TPSA) is 127 Å². The quantitative estimate of drug-likeness (QED) is 0.0679. The second kappa shape index (κ2) is 13.1. The zero-order valence-corrected chi connectivity index (χ0v) is 23.5. The number of aromatic hydroxyl groups is 2. The number of carbonyl (C=O) groups is 4. The SMILES string of the molecule is CCCCOC(=O)c1c(C(=O)c2ccccc2)c(O)c(O)c(OC(=O)c2ccccc2)c1C(=O)c1cccc(Br)c1. The van der Waals surface area contributed by atoms with Gasteiger partial charge in [-0.05, 0) is 30.7 Å². The second-order valence-electron chi connectivity index (χ2n) is 8.93. The van der Waals surface area contributed by atoms with Crippen molar-refractivity contribution in [2.75, 3.05) is 6.61 Å². The van der Waals surface area contributed by atoms with Gasteiger partial charge in [-0.15, -0.1) is 0 Å². The molecule has 4 aromatic rings. The molecule has 9 heteroatoms. The Morgan fingerprint density at radius 1 is 0.683 bits per heavy atom. The van der Waals surface area contributed by atoms with Gasteiger partial charge in [-0.3, -0.25) is 9.59 Å². The molecule has 208 valence electrons. The van der Waals surface area contributed by atoms with E-state index >= 15 is 0 Å². The summed E-state index contributed by atoms with van der Waals surface area (Å²) in [5.74, 6) is -6.68. The summed E-state index contributed by atoms with van der Waals surface area (Å²) in [6.07, 6.45) is 1.18. The standard InChI is InChI=1S/C32H25BrO8/c1-2-3-17-40-32(39)23-24(26(34)19-11-6-4-7-12-19)28(36)29(37)30(41-31(38)20-13-8-5-9-14-20)25(23)27(35)21-15-10-16-22(33)18-21/h4-16,18,36-37H,2-3,17H2,1H3. The molecule has 0 fully saturated rings. The molecule has 0 atom stereocenters. The van der Waals surface area contributed by atoms with Crippen LogP contribution in [0.25, 0.3) is 0 Å². The predicted molar refractivity (Wildman–Crippen MR) is 154 cm³/mol. The molecule has 0 amide bonds. The van der Waals surface area contributed by atoms with Crippen LogP contribution in [0.15, 0.2) is 89.4 Å². The third kappa shape index (κ3) is 6.36. The van der Waals surface area contributed by atoms with Crippen LogP contribution in [0.2, 0.25) is 0 Å². The third-order valence-electron chi connectivity index (χ3n) is 6.12. The van der Waals surface area contributed by atoms with Crippen LogP contribution < -0.4 is 4.74 Å². The number of benzene rings is 4. The van der Waals surface area contributed by atoms with Crippen molar-refractivity contribution in [3.63, 3.8) is 0 Å². The average molecular weight is 617 g/mol. The minimum Gasteiger partial charge on any atom is -0.504 e. The van der Waals surface area contributed by atoms with Gasteiger partial charge < -0.3 is 19.7 Å². The minimum absolute atomic E-state index is 0.0421. The van der Waals surface area contributed by atoms with Crippen molar-refractivity contribution in [3.8, 4) is 17.2 Å². The number of phenols is 2. The fourth-order valence-corrected chi connectivity index (χ4v) is 4.46. The molecule has 0 aliphatic carbocycles. The lowest BCUT2D eigenvalue weighted by Gasteiger charge is -2.20. The molecule has 0 aromatic heterocycles. The summed E-state index contributed by atoms with van der Waals surface area (Å²) in [6, 6.07) is 21.6. The molecule has 0 heterocycles. The highest BCUT2D eigenvalue weighted by atomic mass is 79.9. The molecular formula is C32H25BrO8. The number of unbranched alkanes of at least 4 members (excludes halogenated alkanes) is 1. The molecule has 0 bridgehead atoms. The summed E-state index contributed by atoms with van der Waals surface area (Å²) in [5.41, 5.74) is -1.71. The van der Waals surface area contributed by atoms with E-state index in [9.17, 15) is 29.4 Å². The highest BCUT2D eigenvalue weighted by Crippen LogP contribution is 2.46. The first-order valence-electron chi connectivity index (χ1n) is 12.7. The van der Waals surface area contributed by atoms with E-state index in [-0.39, 0.29) is 23.3 Å². The number of hydrogen-bond acceptors (Lipinski definition) is 8. The van der Waals surface area contributed by atoms with Crippen LogP contribution in [-0.2, 0) is 4.74 Å². The van der Waals surface area contributed by atoms with Gasteiger partial charge in [-0.2, -0.15) is 0 Å². The molecule has 0 radical (unpaired) electrons. The second-order valence-corrected chi connectivity index (χ2v) is 9.85. The number of hydrogen-bond donors (Lipinski definition) is 2. The summed E-state index contributed by atoms with van der Waals surface area (Å²) in [5, 5.41) is 22.3. The highest BCUT2D eigenvalue weighted by Gasteiger charge is 2.37. The first-order valence-corrected chi connectivity index (χ1v) is 13.5. The van der Waals surface area contributed by atoms with Gasteiger partial charge in [0.2, 0.25) is 5.75 Å². The molecular weight excluding hydrogens is 592 g/mol. The van der Waals surface area contributed by atoms with Crippen molar-refractivity contribution in [1.82, 2.24) is 0 Å². The van der Waals surface area contributed by atoms with Crippen molar-refractivity contribution < 1.29 is 38.9 Å². The summed E-state index contributed by atoms with van der Waals surface area (Å²) < 4.78 is 11.4. The van der Waals surface area contributed by atoms with E-state index in [1.54, 1.807) is 48.5 Å². The maximum atomic E-state index is 14.0. The van der Waals surface area contributed by atoms with Crippen molar-refractivity contribution in [2.45, 2.75) is 19.8 Å². The molecule has 0 spiro atoms. The maximum absolute atomic E-state index is 14.0. The molecule has 4 rings (SSSR count). The van der Waals surface area contributed by atoms with E-state index in [0.717, 1.165) is 0 Å². The fraction of sp³-hybridized carbons (Fsp3) is 0.125. The molecule has 0 saturated heterocycles.